The van der Waals surface area contributed by atoms with E-state index in [2.05, 4.69) is 27.9 Å². The van der Waals surface area contributed by atoms with E-state index in [1.807, 2.05) is 18.2 Å². The number of halogens is 1. The molecule has 1 aliphatic heterocycles. The van der Waals surface area contributed by atoms with Gasteiger partial charge in [-0.1, -0.05) is 15.9 Å². The van der Waals surface area contributed by atoms with Gasteiger partial charge < -0.3 is 15.4 Å². The first-order valence-corrected chi connectivity index (χ1v) is 7.34. The van der Waals surface area contributed by atoms with E-state index in [1.165, 1.54) is 19.4 Å². The lowest BCUT2D eigenvalue weighted by molar-refractivity contribution is 0.233. The molecular weight excluding hydrogens is 306 g/mol. The normalized spacial score (nSPS) is 19.6. The van der Waals surface area contributed by atoms with Crippen molar-refractivity contribution in [3.8, 4) is 5.75 Å². The monoisotopic (exact) mass is 325 g/mol. The predicted molar refractivity (Wildman–Crippen MR) is 80.9 cm³/mol. The van der Waals surface area contributed by atoms with Crippen molar-refractivity contribution < 1.29 is 4.74 Å². The Bertz CT molecular complexity index is 464. The average Bonchev–Trinajstić information content (AvgIpc) is 2.77. The molecule has 3 N–H and O–H groups in total. The minimum absolute atomic E-state index is 0.0364. The van der Waals surface area contributed by atoms with Crippen LogP contribution in [0, 0.1) is 5.41 Å². The van der Waals surface area contributed by atoms with Gasteiger partial charge in [-0.25, -0.2) is 0 Å². The molecule has 0 bridgehead atoms. The van der Waals surface area contributed by atoms with Crippen LogP contribution in [0.3, 0.4) is 0 Å². The standard InChI is InChI=1S/C14H20BrN3O/c1-18-7-2-3-11(18)6-8-19-13-5-4-10(15)9-12(13)14(16)17/h4-5,9,11H,2-3,6-8H2,1H3,(H3,16,17). The Morgan fingerprint density at radius 3 is 3.00 bits per heavy atom. The highest BCUT2D eigenvalue weighted by molar-refractivity contribution is 9.10. The average molecular weight is 326 g/mol. The lowest BCUT2D eigenvalue weighted by atomic mass is 10.1. The largest absolute Gasteiger partial charge is 0.493 e. The zero-order chi connectivity index (χ0) is 13.8. The minimum atomic E-state index is 0.0364. The van der Waals surface area contributed by atoms with Crippen LogP contribution in [0.4, 0.5) is 0 Å². The highest BCUT2D eigenvalue weighted by Crippen LogP contribution is 2.24. The van der Waals surface area contributed by atoms with Crippen LogP contribution >= 0.6 is 15.9 Å². The summed E-state index contributed by atoms with van der Waals surface area (Å²) in [6.07, 6.45) is 3.54. The number of rotatable bonds is 5. The van der Waals surface area contributed by atoms with Gasteiger partial charge >= 0.3 is 0 Å². The van der Waals surface area contributed by atoms with Crippen LogP contribution in [0.25, 0.3) is 0 Å². The lowest BCUT2D eigenvalue weighted by Crippen LogP contribution is -2.26. The molecule has 0 aromatic heterocycles. The summed E-state index contributed by atoms with van der Waals surface area (Å²) in [7, 11) is 2.16. The highest BCUT2D eigenvalue weighted by Gasteiger charge is 2.20. The molecule has 104 valence electrons. The van der Waals surface area contributed by atoms with Crippen LogP contribution < -0.4 is 10.5 Å². The summed E-state index contributed by atoms with van der Waals surface area (Å²) in [5.41, 5.74) is 6.22. The Morgan fingerprint density at radius 2 is 2.37 bits per heavy atom. The topological polar surface area (TPSA) is 62.3 Å². The van der Waals surface area contributed by atoms with Crippen molar-refractivity contribution >= 4 is 21.8 Å². The molecule has 1 aromatic rings. The Morgan fingerprint density at radius 1 is 1.58 bits per heavy atom. The molecule has 4 nitrogen and oxygen atoms in total. The molecule has 0 spiro atoms. The summed E-state index contributed by atoms with van der Waals surface area (Å²) in [5.74, 6) is 0.727. The van der Waals surface area contributed by atoms with Crippen LogP contribution in [0.1, 0.15) is 24.8 Å². The molecule has 0 saturated carbocycles. The van der Waals surface area contributed by atoms with Gasteiger partial charge in [0.1, 0.15) is 11.6 Å². The first-order valence-electron chi connectivity index (χ1n) is 6.55. The van der Waals surface area contributed by atoms with E-state index in [4.69, 9.17) is 15.9 Å². The van der Waals surface area contributed by atoms with Gasteiger partial charge in [0, 0.05) is 10.5 Å². The summed E-state index contributed by atoms with van der Waals surface area (Å²) in [4.78, 5) is 2.39. The third-order valence-electron chi connectivity index (χ3n) is 3.61. The van der Waals surface area contributed by atoms with Gasteiger partial charge in [0.05, 0.1) is 12.2 Å². The number of hydrogen-bond donors (Lipinski definition) is 2. The number of nitrogens with two attached hydrogens (primary N) is 1. The van der Waals surface area contributed by atoms with Gasteiger partial charge in [0.25, 0.3) is 0 Å². The van der Waals surface area contributed by atoms with Gasteiger partial charge in [-0.2, -0.15) is 0 Å². The van der Waals surface area contributed by atoms with E-state index in [0.717, 1.165) is 10.9 Å². The van der Waals surface area contributed by atoms with Gasteiger partial charge in [-0.3, -0.25) is 5.41 Å². The van der Waals surface area contributed by atoms with Crippen molar-refractivity contribution in [2.75, 3.05) is 20.2 Å². The van der Waals surface area contributed by atoms with E-state index in [9.17, 15) is 0 Å². The Labute approximate surface area is 122 Å². The smallest absolute Gasteiger partial charge is 0.130 e. The number of nitrogens with one attached hydrogen (secondary N) is 1. The fraction of sp³-hybridized carbons (Fsp3) is 0.500. The van der Waals surface area contributed by atoms with E-state index < -0.39 is 0 Å². The minimum Gasteiger partial charge on any atom is -0.493 e. The zero-order valence-electron chi connectivity index (χ0n) is 11.2. The van der Waals surface area contributed by atoms with Crippen LogP contribution in [0.5, 0.6) is 5.75 Å². The predicted octanol–water partition coefficient (Wildman–Crippen LogP) is 2.60. The number of ether oxygens (including phenoxy) is 1. The SMILES string of the molecule is CN1CCCC1CCOc1ccc(Br)cc1C(=N)N. The molecule has 1 aliphatic rings. The van der Waals surface area contributed by atoms with Crippen molar-refractivity contribution in [3.05, 3.63) is 28.2 Å². The first kappa shape index (κ1) is 14.3. The molecule has 19 heavy (non-hydrogen) atoms. The molecule has 1 unspecified atom stereocenters. The highest BCUT2D eigenvalue weighted by atomic mass is 79.9. The van der Waals surface area contributed by atoms with Gasteiger partial charge in [0.2, 0.25) is 0 Å². The lowest BCUT2D eigenvalue weighted by Gasteiger charge is -2.19. The van der Waals surface area contributed by atoms with Crippen molar-refractivity contribution in [1.29, 1.82) is 5.41 Å². The second-order valence-corrected chi connectivity index (χ2v) is 5.88. The van der Waals surface area contributed by atoms with Crippen molar-refractivity contribution in [1.82, 2.24) is 4.90 Å². The van der Waals surface area contributed by atoms with Crippen molar-refractivity contribution in [2.45, 2.75) is 25.3 Å². The summed E-state index contributed by atoms with van der Waals surface area (Å²) < 4.78 is 6.70. The zero-order valence-corrected chi connectivity index (χ0v) is 12.7. The molecule has 1 atom stereocenters. The molecule has 5 heteroatoms. The molecule has 0 radical (unpaired) electrons. The van der Waals surface area contributed by atoms with Gasteiger partial charge in [0.15, 0.2) is 0 Å². The molecule has 0 aliphatic carbocycles. The molecule has 1 fully saturated rings. The fourth-order valence-electron chi connectivity index (χ4n) is 2.49. The number of nitrogen functional groups attached to an aromatic ring is 1. The maximum absolute atomic E-state index is 7.58. The quantitative estimate of drug-likeness (QED) is 0.646. The van der Waals surface area contributed by atoms with E-state index >= 15 is 0 Å². The van der Waals surface area contributed by atoms with Gasteiger partial charge in [-0.15, -0.1) is 0 Å². The molecular formula is C14H20BrN3O. The Kier molecular flexibility index (Phi) is 4.82. The van der Waals surface area contributed by atoms with E-state index in [1.54, 1.807) is 0 Å². The number of hydrogen-bond acceptors (Lipinski definition) is 3. The molecule has 1 aromatic carbocycles. The Balaban J connectivity index is 1.94. The number of benzene rings is 1. The summed E-state index contributed by atoms with van der Waals surface area (Å²) in [5, 5.41) is 7.58. The molecule has 1 saturated heterocycles. The summed E-state index contributed by atoms with van der Waals surface area (Å²) >= 11 is 3.38. The fourth-order valence-corrected chi connectivity index (χ4v) is 2.85. The van der Waals surface area contributed by atoms with Gasteiger partial charge in [-0.05, 0) is 51.1 Å². The molecule has 0 amide bonds. The maximum Gasteiger partial charge on any atom is 0.130 e. The first-order chi connectivity index (χ1) is 9.08. The van der Waals surface area contributed by atoms with E-state index in [-0.39, 0.29) is 5.84 Å². The number of likely N-dealkylation sites (tertiary alicyclic amines) is 1. The van der Waals surface area contributed by atoms with Crippen LogP contribution in [-0.4, -0.2) is 37.0 Å². The van der Waals surface area contributed by atoms with E-state index in [0.29, 0.717) is 24.0 Å². The van der Waals surface area contributed by atoms with Crippen LogP contribution in [-0.2, 0) is 0 Å². The summed E-state index contributed by atoms with van der Waals surface area (Å²) in [6.45, 7) is 1.85. The third kappa shape index (κ3) is 3.70. The Hall–Kier alpha value is -1.07. The van der Waals surface area contributed by atoms with Crippen LogP contribution in [0.15, 0.2) is 22.7 Å². The van der Waals surface area contributed by atoms with Crippen LogP contribution in [0.2, 0.25) is 0 Å². The molecule has 1 heterocycles. The number of amidine groups is 1. The molecule has 2 rings (SSSR count). The summed E-state index contributed by atoms with van der Waals surface area (Å²) in [6, 6.07) is 6.21. The van der Waals surface area contributed by atoms with Crippen molar-refractivity contribution in [3.63, 3.8) is 0 Å². The maximum atomic E-state index is 7.58. The van der Waals surface area contributed by atoms with Crippen molar-refractivity contribution in [2.24, 2.45) is 5.73 Å². The third-order valence-corrected chi connectivity index (χ3v) is 4.11. The second kappa shape index (κ2) is 6.39. The second-order valence-electron chi connectivity index (χ2n) is 4.97. The number of nitrogens with zero attached hydrogens (tertiary/aromatic N) is 1.